The first-order chi connectivity index (χ1) is 19.4. The van der Waals surface area contributed by atoms with Crippen LogP contribution in [-0.2, 0) is 12.7 Å². The van der Waals surface area contributed by atoms with Gasteiger partial charge in [0.1, 0.15) is 11.8 Å². The highest BCUT2D eigenvalue weighted by Crippen LogP contribution is 2.47. The fourth-order valence-corrected chi connectivity index (χ4v) is 7.68. The summed E-state index contributed by atoms with van der Waals surface area (Å²) in [4.78, 5) is 17.8. The molecule has 2 aromatic heterocycles. The summed E-state index contributed by atoms with van der Waals surface area (Å²) in [6.45, 7) is 3.30. The third-order valence-electron chi connectivity index (χ3n) is 10.2. The van der Waals surface area contributed by atoms with E-state index in [9.17, 15) is 22.4 Å². The van der Waals surface area contributed by atoms with E-state index in [2.05, 4.69) is 15.8 Å². The number of piperidine rings is 1. The highest BCUT2D eigenvalue weighted by atomic mass is 19.4. The first-order valence-electron chi connectivity index (χ1n) is 15.0. The number of aromatic nitrogens is 2. The molecule has 12 heteroatoms. The lowest BCUT2D eigenvalue weighted by Crippen LogP contribution is -2.51. The van der Waals surface area contributed by atoms with Crippen LogP contribution in [0.25, 0.3) is 5.52 Å². The molecule has 4 fully saturated rings. The molecule has 2 saturated heterocycles. The fourth-order valence-electron chi connectivity index (χ4n) is 7.68. The van der Waals surface area contributed by atoms with Crippen LogP contribution in [0.1, 0.15) is 75.5 Å². The zero-order valence-electron chi connectivity index (χ0n) is 23.8. The molecule has 2 N–H and O–H groups in total. The van der Waals surface area contributed by atoms with Gasteiger partial charge in [0.05, 0.1) is 23.9 Å². The summed E-state index contributed by atoms with van der Waals surface area (Å²) in [5.74, 6) is 0.646. The first-order valence-corrected chi connectivity index (χ1v) is 15.0. The molecule has 0 radical (unpaired) electrons. The Hall–Kier alpha value is -2.02. The van der Waals surface area contributed by atoms with Crippen molar-refractivity contribution in [3.63, 3.8) is 0 Å². The largest absolute Gasteiger partial charge is 0.418 e. The summed E-state index contributed by atoms with van der Waals surface area (Å²) >= 11 is 0. The highest BCUT2D eigenvalue weighted by molar-refractivity contribution is 5.56. The van der Waals surface area contributed by atoms with E-state index in [1.165, 1.54) is 17.0 Å². The van der Waals surface area contributed by atoms with Gasteiger partial charge in [-0.25, -0.2) is 24.4 Å². The lowest BCUT2D eigenvalue weighted by Gasteiger charge is -2.46. The molecule has 228 valence electrons. The lowest BCUT2D eigenvalue weighted by molar-refractivity contribution is -0.136. The number of nitrogens with one attached hydrogen (secondary N) is 2. The second kappa shape index (κ2) is 10.9. The molecule has 0 amide bonds. The molecular weight excluding hydrogens is 543 g/mol. The number of alkyl halides is 5. The minimum absolute atomic E-state index is 0.00162. The summed E-state index contributed by atoms with van der Waals surface area (Å²) in [6, 6.07) is 0.581. The fraction of sp³-hybridized carbons (Fsp3) is 0.759. The van der Waals surface area contributed by atoms with Gasteiger partial charge in [-0.1, -0.05) is 19.3 Å². The Labute approximate surface area is 237 Å². The van der Waals surface area contributed by atoms with E-state index in [1.54, 1.807) is 6.92 Å². The minimum Gasteiger partial charge on any atom is -0.299 e. The summed E-state index contributed by atoms with van der Waals surface area (Å²) in [6.07, 6.45) is 2.02. The van der Waals surface area contributed by atoms with Crippen LogP contribution < -0.4 is 16.5 Å². The Morgan fingerprint density at radius 1 is 1.10 bits per heavy atom. The van der Waals surface area contributed by atoms with Crippen LogP contribution in [0.5, 0.6) is 0 Å². The van der Waals surface area contributed by atoms with Crippen molar-refractivity contribution >= 4 is 5.52 Å². The molecule has 2 saturated carbocycles. The number of rotatable bonds is 6. The Bertz CT molecular complexity index is 1290. The molecule has 0 spiro atoms. The molecule has 2 aliphatic heterocycles. The molecule has 2 aromatic rings. The molecular formula is C29H41F5N6O. The molecule has 0 bridgehead atoms. The number of hydrogen-bond donors (Lipinski definition) is 2. The van der Waals surface area contributed by atoms with Crippen molar-refractivity contribution in [2.75, 3.05) is 26.8 Å². The maximum atomic E-state index is 15.4. The molecule has 2 aliphatic carbocycles. The Morgan fingerprint density at radius 3 is 2.44 bits per heavy atom. The standard InChI is InChI=1S/C29H41F5N6O/c1-28(31)6-8-38(9-7-28)14-18-10-23(29(32,33)34)24-16-39(27(41)40(24)15-18)22-12-20(11-21(30)13-22)25(19-4-3-5-19)26-36-35-17-37(26)2/h10,15-16,19-22,25-26,35-36H,3-9,11-14,17H2,1-2H3/t20?,21?,22?,25-,26?/m0/s1. The summed E-state index contributed by atoms with van der Waals surface area (Å²) in [7, 11) is 2.03. The Kier molecular flexibility index (Phi) is 7.74. The number of fused-ring (bicyclic) bond motifs is 1. The average Bonchev–Trinajstić information content (AvgIpc) is 3.44. The maximum Gasteiger partial charge on any atom is 0.418 e. The van der Waals surface area contributed by atoms with Crippen LogP contribution in [0.15, 0.2) is 23.3 Å². The van der Waals surface area contributed by atoms with Crippen molar-refractivity contribution in [3.05, 3.63) is 40.1 Å². The van der Waals surface area contributed by atoms with Gasteiger partial charge in [-0.3, -0.25) is 18.8 Å². The van der Waals surface area contributed by atoms with Gasteiger partial charge in [-0.05, 0) is 75.5 Å². The molecule has 41 heavy (non-hydrogen) atoms. The number of likely N-dealkylation sites (tertiary alicyclic amines) is 1. The van der Waals surface area contributed by atoms with Gasteiger partial charge in [0, 0.05) is 38.1 Å². The predicted molar refractivity (Wildman–Crippen MR) is 145 cm³/mol. The van der Waals surface area contributed by atoms with Crippen molar-refractivity contribution in [2.45, 2.75) is 95.1 Å². The molecule has 4 aliphatic rings. The molecule has 5 atom stereocenters. The van der Waals surface area contributed by atoms with Crippen LogP contribution in [0.3, 0.4) is 0 Å². The maximum absolute atomic E-state index is 15.4. The third kappa shape index (κ3) is 5.81. The number of halogens is 5. The van der Waals surface area contributed by atoms with Gasteiger partial charge in [-0.15, -0.1) is 0 Å². The van der Waals surface area contributed by atoms with Crippen molar-refractivity contribution in [3.8, 4) is 0 Å². The first kappa shape index (κ1) is 29.1. The van der Waals surface area contributed by atoms with Gasteiger partial charge in [-0.2, -0.15) is 13.2 Å². The number of nitrogens with zero attached hydrogens (tertiary/aromatic N) is 4. The van der Waals surface area contributed by atoms with E-state index in [4.69, 9.17) is 0 Å². The highest BCUT2D eigenvalue weighted by Gasteiger charge is 2.45. The molecule has 7 nitrogen and oxygen atoms in total. The topological polar surface area (TPSA) is 56.9 Å². The molecule has 0 aromatic carbocycles. The number of hydrogen-bond acceptors (Lipinski definition) is 5. The van der Waals surface area contributed by atoms with Gasteiger partial charge >= 0.3 is 11.9 Å². The van der Waals surface area contributed by atoms with Crippen molar-refractivity contribution in [2.24, 2.45) is 17.8 Å². The Morgan fingerprint density at radius 2 is 1.83 bits per heavy atom. The van der Waals surface area contributed by atoms with Crippen LogP contribution in [0, 0.1) is 17.8 Å². The SMILES string of the molecule is CN1CNNC1[C@@H](C1CCC1)C1CC(F)CC(n2cc3c(C(F)(F)F)cc(CN4CCC(C)(F)CC4)cn3c2=O)C1. The molecule has 4 unspecified atom stereocenters. The van der Waals surface area contributed by atoms with E-state index in [0.29, 0.717) is 56.9 Å². The lowest BCUT2D eigenvalue weighted by atomic mass is 9.64. The third-order valence-corrected chi connectivity index (χ3v) is 10.2. The Balaban J connectivity index is 1.31. The van der Waals surface area contributed by atoms with Crippen LogP contribution in [0.2, 0.25) is 0 Å². The van der Waals surface area contributed by atoms with E-state index < -0.39 is 35.3 Å². The second-order valence-corrected chi connectivity index (χ2v) is 13.2. The second-order valence-electron chi connectivity index (χ2n) is 13.2. The van der Waals surface area contributed by atoms with E-state index in [0.717, 1.165) is 29.7 Å². The van der Waals surface area contributed by atoms with Gasteiger partial charge in [0.25, 0.3) is 0 Å². The van der Waals surface area contributed by atoms with E-state index in [-0.39, 0.29) is 36.5 Å². The van der Waals surface area contributed by atoms with Crippen molar-refractivity contribution in [1.82, 2.24) is 29.6 Å². The minimum atomic E-state index is -4.67. The van der Waals surface area contributed by atoms with Gasteiger partial charge < -0.3 is 0 Å². The van der Waals surface area contributed by atoms with Crippen LogP contribution in [-0.4, -0.2) is 63.6 Å². The molecule has 4 heterocycles. The number of pyridine rings is 1. The van der Waals surface area contributed by atoms with Crippen LogP contribution >= 0.6 is 0 Å². The molecule has 6 rings (SSSR count). The zero-order valence-corrected chi connectivity index (χ0v) is 23.8. The van der Waals surface area contributed by atoms with E-state index in [1.807, 2.05) is 11.9 Å². The van der Waals surface area contributed by atoms with Gasteiger partial charge in [0.15, 0.2) is 0 Å². The quantitative estimate of drug-likeness (QED) is 0.475. The van der Waals surface area contributed by atoms with Crippen LogP contribution in [0.4, 0.5) is 22.0 Å². The van der Waals surface area contributed by atoms with E-state index >= 15 is 4.39 Å². The predicted octanol–water partition coefficient (Wildman–Crippen LogP) is 4.86. The zero-order chi connectivity index (χ0) is 29.1. The number of hydrazine groups is 1. The summed E-state index contributed by atoms with van der Waals surface area (Å²) in [5.41, 5.74) is 3.96. The van der Waals surface area contributed by atoms with Gasteiger partial charge in [0.2, 0.25) is 0 Å². The summed E-state index contributed by atoms with van der Waals surface area (Å²) in [5, 5.41) is 0. The number of imidazole rings is 1. The summed E-state index contributed by atoms with van der Waals surface area (Å²) < 4.78 is 74.9. The van der Waals surface area contributed by atoms with Crippen molar-refractivity contribution in [1.29, 1.82) is 0 Å². The normalized spacial score (nSPS) is 31.0. The smallest absolute Gasteiger partial charge is 0.299 e. The monoisotopic (exact) mass is 584 g/mol. The average molecular weight is 585 g/mol. The van der Waals surface area contributed by atoms with Crippen molar-refractivity contribution < 1.29 is 22.0 Å².